The summed E-state index contributed by atoms with van der Waals surface area (Å²) >= 11 is 0. The number of nitrogens with zero attached hydrogens (tertiary/aromatic N) is 5. The van der Waals surface area contributed by atoms with Gasteiger partial charge in [0.1, 0.15) is 5.82 Å². The number of halogens is 1. The largest absolute Gasteiger partial charge is 0.349 e. The average molecular weight is 505 g/mol. The Labute approximate surface area is 188 Å². The molecule has 2 atom stereocenters. The highest BCUT2D eigenvalue weighted by atomic mass is 127. The molecule has 2 unspecified atom stereocenters. The Hall–Kier alpha value is -2.36. The van der Waals surface area contributed by atoms with Crippen molar-refractivity contribution >= 4 is 29.9 Å². The monoisotopic (exact) mass is 505 g/mol. The zero-order valence-corrected chi connectivity index (χ0v) is 19.2. The molecule has 3 heterocycles. The molecule has 2 N–H and O–H groups in total. The standard InChI is InChI=1S/C21H27N7.HI/c1-16-8-10-27(14-19(16)28-11-9-23-15-28)21(22-2)25-13-20-24-12-18(26-20)17-6-4-3-5-7-17;/h3-7,9,11-12,15-16,19H,8,10,13-14H2,1-2H3,(H,22,25)(H,24,26);1H. The Morgan fingerprint density at radius 1 is 1.31 bits per heavy atom. The van der Waals surface area contributed by atoms with E-state index in [9.17, 15) is 0 Å². The molecule has 0 radical (unpaired) electrons. The summed E-state index contributed by atoms with van der Waals surface area (Å²) in [6.07, 6.45) is 8.82. The highest BCUT2D eigenvalue weighted by molar-refractivity contribution is 14.0. The van der Waals surface area contributed by atoms with Crippen molar-refractivity contribution in [3.05, 3.63) is 61.1 Å². The molecule has 4 rings (SSSR count). The predicted molar refractivity (Wildman–Crippen MR) is 126 cm³/mol. The van der Waals surface area contributed by atoms with Crippen LogP contribution in [0.15, 0.2) is 60.2 Å². The minimum absolute atomic E-state index is 0. The number of hydrogen-bond acceptors (Lipinski definition) is 3. The number of aromatic nitrogens is 4. The summed E-state index contributed by atoms with van der Waals surface area (Å²) in [5, 5.41) is 3.46. The van der Waals surface area contributed by atoms with Crippen molar-refractivity contribution in [3.8, 4) is 11.3 Å². The van der Waals surface area contributed by atoms with Crippen LogP contribution in [0.3, 0.4) is 0 Å². The molecule has 1 aliphatic heterocycles. The first kappa shape index (κ1) is 21.4. The summed E-state index contributed by atoms with van der Waals surface area (Å²) in [5.74, 6) is 2.42. The summed E-state index contributed by atoms with van der Waals surface area (Å²) < 4.78 is 2.21. The highest BCUT2D eigenvalue weighted by Crippen LogP contribution is 2.27. The molecular weight excluding hydrogens is 477 g/mol. The quantitative estimate of drug-likeness (QED) is 0.323. The van der Waals surface area contributed by atoms with Gasteiger partial charge in [-0.25, -0.2) is 9.97 Å². The van der Waals surface area contributed by atoms with Gasteiger partial charge in [0.2, 0.25) is 0 Å². The van der Waals surface area contributed by atoms with E-state index in [1.165, 1.54) is 0 Å². The molecule has 1 aromatic carbocycles. The third kappa shape index (κ3) is 4.98. The van der Waals surface area contributed by atoms with Crippen LogP contribution in [-0.4, -0.2) is 50.5 Å². The van der Waals surface area contributed by atoms with Gasteiger partial charge in [0.05, 0.1) is 30.8 Å². The molecule has 7 nitrogen and oxygen atoms in total. The summed E-state index contributed by atoms with van der Waals surface area (Å²) in [7, 11) is 1.84. The van der Waals surface area contributed by atoms with Gasteiger partial charge in [-0.2, -0.15) is 0 Å². The SMILES string of the molecule is CN=C(NCc1ncc(-c2ccccc2)[nH]1)N1CCC(C)C(n2ccnc2)C1.I. The van der Waals surface area contributed by atoms with E-state index in [1.54, 1.807) is 0 Å². The van der Waals surface area contributed by atoms with Crippen LogP contribution in [0.4, 0.5) is 0 Å². The number of benzene rings is 1. The van der Waals surface area contributed by atoms with E-state index in [-0.39, 0.29) is 24.0 Å². The first-order valence-corrected chi connectivity index (χ1v) is 9.77. The molecule has 8 heteroatoms. The molecule has 0 aliphatic carbocycles. The van der Waals surface area contributed by atoms with Gasteiger partial charge in [0.15, 0.2) is 5.96 Å². The molecule has 2 aromatic heterocycles. The van der Waals surface area contributed by atoms with Crippen LogP contribution in [0.1, 0.15) is 25.2 Å². The van der Waals surface area contributed by atoms with Crippen LogP contribution >= 0.6 is 24.0 Å². The fraction of sp³-hybridized carbons (Fsp3) is 0.381. The van der Waals surface area contributed by atoms with Gasteiger partial charge in [-0.15, -0.1) is 24.0 Å². The van der Waals surface area contributed by atoms with Crippen molar-refractivity contribution in [1.82, 2.24) is 29.7 Å². The number of likely N-dealkylation sites (tertiary alicyclic amines) is 1. The van der Waals surface area contributed by atoms with E-state index < -0.39 is 0 Å². The minimum Gasteiger partial charge on any atom is -0.349 e. The molecule has 3 aromatic rings. The first-order valence-electron chi connectivity index (χ1n) is 9.77. The molecule has 0 bridgehead atoms. The van der Waals surface area contributed by atoms with Gasteiger partial charge in [0.25, 0.3) is 0 Å². The molecule has 1 aliphatic rings. The fourth-order valence-corrected chi connectivity index (χ4v) is 3.81. The fourth-order valence-electron chi connectivity index (χ4n) is 3.81. The molecule has 1 fully saturated rings. The molecule has 0 amide bonds. The van der Waals surface area contributed by atoms with Gasteiger partial charge in [-0.1, -0.05) is 37.3 Å². The Bertz CT molecular complexity index is 904. The number of H-pyrrole nitrogens is 1. The van der Waals surface area contributed by atoms with Crippen LogP contribution in [0.5, 0.6) is 0 Å². The van der Waals surface area contributed by atoms with E-state index in [0.717, 1.165) is 42.6 Å². The predicted octanol–water partition coefficient (Wildman–Crippen LogP) is 3.55. The second kappa shape index (κ2) is 9.91. The van der Waals surface area contributed by atoms with E-state index in [1.807, 2.05) is 44.0 Å². The first-order chi connectivity index (χ1) is 13.7. The maximum Gasteiger partial charge on any atom is 0.194 e. The number of guanidine groups is 1. The minimum atomic E-state index is 0. The number of imidazole rings is 2. The Morgan fingerprint density at radius 3 is 2.86 bits per heavy atom. The van der Waals surface area contributed by atoms with Crippen LogP contribution in [0.2, 0.25) is 0 Å². The lowest BCUT2D eigenvalue weighted by Crippen LogP contribution is -2.48. The number of aromatic amines is 1. The Balaban J connectivity index is 0.00000240. The van der Waals surface area contributed by atoms with Crippen LogP contribution < -0.4 is 5.32 Å². The number of aliphatic imine (C=N–C) groups is 1. The number of hydrogen-bond donors (Lipinski definition) is 2. The lowest BCUT2D eigenvalue weighted by Gasteiger charge is -2.39. The summed E-state index contributed by atoms with van der Waals surface area (Å²) in [5.41, 5.74) is 2.16. The number of rotatable bonds is 4. The van der Waals surface area contributed by atoms with Crippen molar-refractivity contribution in [2.75, 3.05) is 20.1 Å². The van der Waals surface area contributed by atoms with Gasteiger partial charge >= 0.3 is 0 Å². The molecule has 0 spiro atoms. The summed E-state index contributed by atoms with van der Waals surface area (Å²) in [4.78, 5) is 18.9. The zero-order chi connectivity index (χ0) is 19.3. The van der Waals surface area contributed by atoms with Crippen molar-refractivity contribution in [2.24, 2.45) is 10.9 Å². The topological polar surface area (TPSA) is 74.1 Å². The Kier molecular flexibility index (Phi) is 7.29. The maximum atomic E-state index is 4.51. The molecule has 154 valence electrons. The molecule has 29 heavy (non-hydrogen) atoms. The van der Waals surface area contributed by atoms with Crippen molar-refractivity contribution in [3.63, 3.8) is 0 Å². The molecule has 1 saturated heterocycles. The van der Waals surface area contributed by atoms with Crippen molar-refractivity contribution < 1.29 is 0 Å². The van der Waals surface area contributed by atoms with E-state index in [4.69, 9.17) is 0 Å². The zero-order valence-electron chi connectivity index (χ0n) is 16.8. The van der Waals surface area contributed by atoms with E-state index in [2.05, 4.69) is 60.0 Å². The van der Waals surface area contributed by atoms with Crippen molar-refractivity contribution in [2.45, 2.75) is 25.9 Å². The lowest BCUT2D eigenvalue weighted by molar-refractivity contribution is 0.189. The normalized spacial score (nSPS) is 19.7. The lowest BCUT2D eigenvalue weighted by atomic mass is 9.93. The average Bonchev–Trinajstić information content (AvgIpc) is 3.42. The molecular formula is C21H28IN7. The maximum absolute atomic E-state index is 4.51. The molecule has 0 saturated carbocycles. The summed E-state index contributed by atoms with van der Waals surface area (Å²) in [6.45, 7) is 4.84. The van der Waals surface area contributed by atoms with E-state index in [0.29, 0.717) is 18.5 Å². The van der Waals surface area contributed by atoms with Gasteiger partial charge in [-0.3, -0.25) is 4.99 Å². The van der Waals surface area contributed by atoms with Crippen LogP contribution in [0.25, 0.3) is 11.3 Å². The van der Waals surface area contributed by atoms with E-state index >= 15 is 0 Å². The second-order valence-electron chi connectivity index (χ2n) is 7.30. The highest BCUT2D eigenvalue weighted by Gasteiger charge is 2.28. The van der Waals surface area contributed by atoms with Crippen LogP contribution in [0, 0.1) is 5.92 Å². The van der Waals surface area contributed by atoms with Crippen molar-refractivity contribution in [1.29, 1.82) is 0 Å². The third-order valence-electron chi connectivity index (χ3n) is 5.46. The Morgan fingerprint density at radius 2 is 2.14 bits per heavy atom. The third-order valence-corrected chi connectivity index (χ3v) is 5.46. The van der Waals surface area contributed by atoms with Gasteiger partial charge < -0.3 is 19.8 Å². The van der Waals surface area contributed by atoms with Gasteiger partial charge in [0, 0.05) is 32.5 Å². The number of piperidine rings is 1. The second-order valence-corrected chi connectivity index (χ2v) is 7.30. The number of nitrogens with one attached hydrogen (secondary N) is 2. The summed E-state index contributed by atoms with van der Waals surface area (Å²) in [6, 6.07) is 10.6. The smallest absolute Gasteiger partial charge is 0.194 e. The van der Waals surface area contributed by atoms with Gasteiger partial charge in [-0.05, 0) is 17.9 Å². The van der Waals surface area contributed by atoms with Crippen LogP contribution in [-0.2, 0) is 6.54 Å².